The minimum Gasteiger partial charge on any atom is -0.493 e. The Morgan fingerprint density at radius 3 is 0.737 bits per heavy atom. The number of hydrogen-bond acceptors (Lipinski definition) is 8. The maximum atomic E-state index is 14.7. The monoisotopic (exact) mass is 1580 g/mol. The molecule has 0 bridgehead atoms. The Morgan fingerprint density at radius 2 is 0.508 bits per heavy atom. The van der Waals surface area contributed by atoms with E-state index < -0.39 is 24.0 Å². The molecule has 0 radical (unpaired) electrons. The molecule has 620 valence electrons. The Bertz CT molecular complexity index is 5260. The zero-order valence-electron chi connectivity index (χ0n) is 75.1. The van der Waals surface area contributed by atoms with Crippen LogP contribution in [-0.2, 0) is 38.0 Å². The first-order valence-corrected chi connectivity index (χ1v) is 43.5. The third-order valence-electron chi connectivity index (χ3n) is 26.6. The van der Waals surface area contributed by atoms with E-state index in [9.17, 15) is 9.59 Å². The number of rotatable bonds is 16. The van der Waals surface area contributed by atoms with Gasteiger partial charge >= 0.3 is 0 Å². The number of carbonyl (C=O) groups is 2. The predicted octanol–water partition coefficient (Wildman–Crippen LogP) is 25.6. The molecule has 2 amide bonds. The van der Waals surface area contributed by atoms with Crippen LogP contribution in [0.5, 0.6) is 0 Å². The van der Waals surface area contributed by atoms with E-state index in [1.165, 1.54) is 0 Å². The molecule has 0 aliphatic carbocycles. The van der Waals surface area contributed by atoms with Crippen LogP contribution in [0.3, 0.4) is 0 Å². The lowest BCUT2D eigenvalue weighted by molar-refractivity contribution is -0.131. The third kappa shape index (κ3) is 17.7. The fourth-order valence-corrected chi connectivity index (χ4v) is 20.7. The summed E-state index contributed by atoms with van der Waals surface area (Å²) in [5.74, 6) is 34.5. The zero-order chi connectivity index (χ0) is 85.6. The first-order chi connectivity index (χ1) is 56.0. The highest BCUT2D eigenvalue weighted by Gasteiger charge is 2.43. The van der Waals surface area contributed by atoms with Gasteiger partial charge in [0, 0.05) is 55.3 Å². The van der Waals surface area contributed by atoms with Crippen LogP contribution in [0.1, 0.15) is 188 Å². The molecule has 10 nitrogen and oxygen atoms in total. The van der Waals surface area contributed by atoms with Crippen LogP contribution in [0.4, 0.5) is 11.4 Å². The first-order valence-electron chi connectivity index (χ1n) is 43.5. The fraction of sp³-hybridized carbons (Fsp3) is 0.463. The summed E-state index contributed by atoms with van der Waals surface area (Å²) in [5, 5.41) is 23.0. The van der Waals surface area contributed by atoms with Gasteiger partial charge in [0.05, 0.1) is 39.6 Å². The summed E-state index contributed by atoms with van der Waals surface area (Å²) in [6, 6.07) is 47.3. The highest BCUT2D eigenvalue weighted by atomic mass is 16.6. The number of anilines is 2. The van der Waals surface area contributed by atoms with Gasteiger partial charge in [0.25, 0.3) is 11.8 Å². The number of carbonyl (C=O) groups excluding carboxylic acids is 2. The topological polar surface area (TPSA) is 114 Å². The smallest absolute Gasteiger partial charge is 0.261 e. The molecule has 0 unspecified atom stereocenters. The van der Waals surface area contributed by atoms with Gasteiger partial charge in [0.1, 0.15) is 24.7 Å². The summed E-state index contributed by atoms with van der Waals surface area (Å²) in [6.07, 6.45) is -2.44. The molecule has 2 atom stereocenters. The number of benzene rings is 10. The Balaban J connectivity index is 0.854. The first kappa shape index (κ1) is 89.2. The minimum atomic E-state index is -1.22. The summed E-state index contributed by atoms with van der Waals surface area (Å²) < 4.78 is 37.0. The van der Waals surface area contributed by atoms with Gasteiger partial charge in [-0.25, -0.2) is 0 Å². The van der Waals surface area contributed by atoms with Crippen molar-refractivity contribution in [2.75, 3.05) is 63.5 Å². The molecule has 0 aromatic heterocycles. The molecule has 10 aromatic rings. The van der Waals surface area contributed by atoms with Gasteiger partial charge < -0.3 is 39.1 Å². The number of nitrogens with one attached hydrogen (secondary N) is 2. The molecule has 11 rings (SSSR count). The zero-order valence-corrected chi connectivity index (χ0v) is 75.1. The molecule has 1 aliphatic heterocycles. The van der Waals surface area contributed by atoms with Crippen molar-refractivity contribution in [3.63, 3.8) is 0 Å². The average Bonchev–Trinajstić information content (AvgIpc) is 0.730. The standard InChI is InChI=1S/C108H130N2O8/c1-65(2)105(66(3)4,67(5)6)43-39-89-93-57-79-31-27-29-33-81(79)59-95(93)91(41-45-107(71(13)14,72(15)16)73(17)18)99-63-85-55-87(37-35-83(85)61-97(89)99)109-103(111)101-77(25)115-51-47-114-50-54-118-102(78(26)116-52-48-113-49-53-117-101)104(112)110-88-38-36-84-62-98-90(40-44-106(68(7)8,69(9)10)70(11)12)94-58-80-32-28-30-34-82(80)60-96(94)92(100(98)64-86(84)56-88)42-46-108(74(19)20,75(21)22)76(23)24/h27-38,55-76,101-102H,25-26,47-54H2,1-24H3,(H,109,111)(H,110,112)/t101-,102-/m0/s1. The number of ether oxygens (including phenoxy) is 6. The van der Waals surface area contributed by atoms with Crippen molar-refractivity contribution in [1.82, 2.24) is 0 Å². The Kier molecular flexibility index (Phi) is 28.2. The fourth-order valence-electron chi connectivity index (χ4n) is 20.7. The van der Waals surface area contributed by atoms with Gasteiger partial charge in [-0.3, -0.25) is 9.59 Å². The van der Waals surface area contributed by atoms with Gasteiger partial charge in [0.2, 0.25) is 0 Å². The van der Waals surface area contributed by atoms with Crippen LogP contribution in [0.2, 0.25) is 0 Å². The van der Waals surface area contributed by atoms with Crippen LogP contribution in [0.25, 0.3) is 86.2 Å². The molecule has 0 spiro atoms. The number of fused-ring (bicyclic) bond motifs is 8. The Labute approximate surface area is 705 Å². The molecule has 1 heterocycles. The van der Waals surface area contributed by atoms with E-state index in [2.05, 4.69) is 347 Å². The van der Waals surface area contributed by atoms with Crippen molar-refractivity contribution in [3.8, 4) is 47.4 Å². The van der Waals surface area contributed by atoms with Crippen LogP contribution in [0, 0.1) is 140 Å². The largest absolute Gasteiger partial charge is 0.493 e. The summed E-state index contributed by atoms with van der Waals surface area (Å²) in [5.41, 5.74) is 3.95. The molecule has 2 N–H and O–H groups in total. The minimum absolute atomic E-state index is 0.0102. The molecule has 1 saturated heterocycles. The van der Waals surface area contributed by atoms with Gasteiger partial charge in [-0.2, -0.15) is 0 Å². The van der Waals surface area contributed by atoms with Crippen molar-refractivity contribution in [3.05, 3.63) is 180 Å². The lowest BCUT2D eigenvalue weighted by atomic mass is 9.62. The van der Waals surface area contributed by atoms with E-state index in [1.807, 2.05) is 24.3 Å². The van der Waals surface area contributed by atoms with Crippen molar-refractivity contribution in [1.29, 1.82) is 0 Å². The molecule has 0 saturated carbocycles. The molecule has 1 aliphatic rings. The SMILES string of the molecule is C=C1OCCOCCO[C@H](C(=O)Nc2ccc3cc4c(C#CC(C(C)C)(C(C)C)C(C)C)c5cc6ccccc6cc5c(C#CC(C(C)C)(C(C)C)C(C)C)c4cc3c2)C(=C)OCCOCCO[C@@H]1C(=O)Nc1ccc2cc3c(C#CC(C(C)C)(C(C)C)C(C)C)c4cc5ccccc5cc4c(C#CC(C(C)C)(C(C)C)C(C)C)c3cc2c1. The Morgan fingerprint density at radius 1 is 0.297 bits per heavy atom. The quantitative estimate of drug-likeness (QED) is 0.0726. The number of hydrogen-bond donors (Lipinski definition) is 2. The molecular weight excluding hydrogens is 1450 g/mol. The van der Waals surface area contributed by atoms with E-state index in [4.69, 9.17) is 28.4 Å². The lowest BCUT2D eigenvalue weighted by Gasteiger charge is -2.40. The molecule has 10 heteroatoms. The average molecular weight is 1580 g/mol. The van der Waals surface area contributed by atoms with Crippen molar-refractivity contribution < 1.29 is 38.0 Å². The van der Waals surface area contributed by atoms with E-state index >= 15 is 0 Å². The van der Waals surface area contributed by atoms with Gasteiger partial charge in [0.15, 0.2) is 12.2 Å². The van der Waals surface area contributed by atoms with Gasteiger partial charge in [-0.05, 0) is 230 Å². The molecule has 10 aromatic carbocycles. The van der Waals surface area contributed by atoms with Crippen LogP contribution >= 0.6 is 0 Å². The molecule has 118 heavy (non-hydrogen) atoms. The normalized spacial score (nSPS) is 15.8. The third-order valence-corrected chi connectivity index (χ3v) is 26.6. The highest BCUT2D eigenvalue weighted by Crippen LogP contribution is 2.49. The van der Waals surface area contributed by atoms with Crippen LogP contribution in [0.15, 0.2) is 158 Å². The summed E-state index contributed by atoms with van der Waals surface area (Å²) in [4.78, 5) is 29.4. The van der Waals surface area contributed by atoms with Crippen molar-refractivity contribution >= 4 is 109 Å². The number of amides is 2. The van der Waals surface area contributed by atoms with Crippen LogP contribution < -0.4 is 10.6 Å². The van der Waals surface area contributed by atoms with Crippen LogP contribution in [-0.4, -0.2) is 76.9 Å². The van der Waals surface area contributed by atoms with E-state index in [0.717, 1.165) is 108 Å². The molecular formula is C108H130N2O8. The lowest BCUT2D eigenvalue weighted by Crippen LogP contribution is -2.37. The van der Waals surface area contributed by atoms with Gasteiger partial charge in [-0.1, -0.05) is 287 Å². The maximum Gasteiger partial charge on any atom is 0.261 e. The molecule has 1 fully saturated rings. The van der Waals surface area contributed by atoms with E-state index in [-0.39, 0.29) is 86.0 Å². The second-order valence-corrected chi connectivity index (χ2v) is 36.8. The van der Waals surface area contributed by atoms with Crippen molar-refractivity contribution in [2.45, 2.75) is 178 Å². The summed E-state index contributed by atoms with van der Waals surface area (Å²) >= 11 is 0. The summed E-state index contributed by atoms with van der Waals surface area (Å²) in [7, 11) is 0. The maximum absolute atomic E-state index is 14.7. The Hall–Kier alpha value is -9.62. The van der Waals surface area contributed by atoms with E-state index in [1.54, 1.807) is 0 Å². The van der Waals surface area contributed by atoms with Gasteiger partial charge in [-0.15, -0.1) is 0 Å². The second kappa shape index (κ2) is 37.3. The second-order valence-electron chi connectivity index (χ2n) is 36.8. The van der Waals surface area contributed by atoms with Crippen molar-refractivity contribution in [2.24, 2.45) is 92.7 Å². The highest BCUT2D eigenvalue weighted by molar-refractivity contribution is 6.18. The predicted molar refractivity (Wildman–Crippen MR) is 497 cm³/mol. The van der Waals surface area contributed by atoms with E-state index in [0.29, 0.717) is 82.4 Å². The summed E-state index contributed by atoms with van der Waals surface area (Å²) in [6.45, 7) is 64.2.